The van der Waals surface area contributed by atoms with Crippen LogP contribution < -0.4 is 17.0 Å². The SMILES string of the molecule is Nc1c(F)cc(Cl)c2c1c(=O)[nH]c(=O)n2C1CC1. The van der Waals surface area contributed by atoms with Gasteiger partial charge in [-0.15, -0.1) is 0 Å². The largest absolute Gasteiger partial charge is 0.396 e. The summed E-state index contributed by atoms with van der Waals surface area (Å²) >= 11 is 5.95. The van der Waals surface area contributed by atoms with E-state index in [2.05, 4.69) is 4.98 Å². The summed E-state index contributed by atoms with van der Waals surface area (Å²) < 4.78 is 14.9. The third kappa shape index (κ3) is 1.45. The van der Waals surface area contributed by atoms with Crippen molar-refractivity contribution in [1.82, 2.24) is 9.55 Å². The Morgan fingerprint density at radius 3 is 2.72 bits per heavy atom. The molecule has 2 aromatic rings. The first-order valence-corrected chi connectivity index (χ1v) is 5.80. The molecule has 1 aliphatic carbocycles. The molecule has 1 saturated carbocycles. The molecule has 0 saturated heterocycles. The standard InChI is InChI=1S/C11H9ClFN3O2/c12-5-3-6(13)8(14)7-9(5)16(4-1-2-4)11(18)15-10(7)17/h3-4H,1-2,14H2,(H,15,17,18). The van der Waals surface area contributed by atoms with E-state index < -0.39 is 17.1 Å². The molecule has 0 atom stereocenters. The topological polar surface area (TPSA) is 80.9 Å². The van der Waals surface area contributed by atoms with Crippen LogP contribution in [-0.4, -0.2) is 9.55 Å². The Bertz CT molecular complexity index is 776. The number of aromatic nitrogens is 2. The predicted molar refractivity (Wildman–Crippen MR) is 66.5 cm³/mol. The fourth-order valence-corrected chi connectivity index (χ4v) is 2.37. The van der Waals surface area contributed by atoms with Gasteiger partial charge in [-0.25, -0.2) is 9.18 Å². The number of rotatable bonds is 1. The van der Waals surface area contributed by atoms with Gasteiger partial charge in [0, 0.05) is 6.04 Å². The van der Waals surface area contributed by atoms with E-state index in [0.717, 1.165) is 18.9 Å². The van der Waals surface area contributed by atoms with Crippen molar-refractivity contribution in [3.63, 3.8) is 0 Å². The van der Waals surface area contributed by atoms with E-state index in [9.17, 15) is 14.0 Å². The molecule has 94 valence electrons. The van der Waals surface area contributed by atoms with Crippen LogP contribution in [0.25, 0.3) is 10.9 Å². The Morgan fingerprint density at radius 1 is 1.44 bits per heavy atom. The zero-order chi connectivity index (χ0) is 13.0. The molecule has 18 heavy (non-hydrogen) atoms. The quantitative estimate of drug-likeness (QED) is 0.768. The maximum Gasteiger partial charge on any atom is 0.329 e. The fourth-order valence-electron chi connectivity index (χ4n) is 2.09. The smallest absolute Gasteiger partial charge is 0.329 e. The van der Waals surface area contributed by atoms with Crippen LogP contribution in [0.1, 0.15) is 18.9 Å². The minimum absolute atomic E-state index is 0.000730. The van der Waals surface area contributed by atoms with Crippen LogP contribution in [0.4, 0.5) is 10.1 Å². The summed E-state index contributed by atoms with van der Waals surface area (Å²) in [5.41, 5.74) is 4.23. The lowest BCUT2D eigenvalue weighted by Crippen LogP contribution is -2.30. The van der Waals surface area contributed by atoms with Crippen LogP contribution in [0.3, 0.4) is 0 Å². The van der Waals surface area contributed by atoms with Crippen molar-refractivity contribution >= 4 is 28.2 Å². The van der Waals surface area contributed by atoms with Gasteiger partial charge in [0.2, 0.25) is 0 Å². The highest BCUT2D eigenvalue weighted by molar-refractivity contribution is 6.35. The van der Waals surface area contributed by atoms with Crippen LogP contribution in [0.15, 0.2) is 15.7 Å². The molecule has 7 heteroatoms. The molecule has 3 N–H and O–H groups in total. The third-order valence-corrected chi connectivity index (χ3v) is 3.35. The van der Waals surface area contributed by atoms with E-state index >= 15 is 0 Å². The minimum atomic E-state index is -0.765. The Kier molecular flexibility index (Phi) is 2.25. The summed E-state index contributed by atoms with van der Waals surface area (Å²) in [5.74, 6) is -0.765. The van der Waals surface area contributed by atoms with Gasteiger partial charge in [-0.3, -0.25) is 14.3 Å². The summed E-state index contributed by atoms with van der Waals surface area (Å²) in [6.45, 7) is 0. The maximum absolute atomic E-state index is 13.5. The average Bonchev–Trinajstić information content (AvgIpc) is 3.09. The number of aromatic amines is 1. The van der Waals surface area contributed by atoms with Crippen molar-refractivity contribution < 1.29 is 4.39 Å². The number of anilines is 1. The average molecular weight is 270 g/mol. The summed E-state index contributed by atoms with van der Waals surface area (Å²) in [6, 6.07) is 1.02. The monoisotopic (exact) mass is 269 g/mol. The Morgan fingerprint density at radius 2 is 2.11 bits per heavy atom. The highest BCUT2D eigenvalue weighted by atomic mass is 35.5. The van der Waals surface area contributed by atoms with Crippen LogP contribution in [0.5, 0.6) is 0 Å². The summed E-state index contributed by atoms with van der Waals surface area (Å²) in [5, 5.41) is -0.0432. The molecule has 1 aliphatic rings. The van der Waals surface area contributed by atoms with Crippen molar-refractivity contribution in [3.05, 3.63) is 37.7 Å². The van der Waals surface area contributed by atoms with Crippen LogP contribution >= 0.6 is 11.6 Å². The second-order valence-corrected chi connectivity index (χ2v) is 4.75. The number of nitrogens with one attached hydrogen (secondary N) is 1. The second-order valence-electron chi connectivity index (χ2n) is 4.34. The molecule has 1 aromatic heterocycles. The molecule has 3 rings (SSSR count). The number of nitrogens with zero attached hydrogens (tertiary/aromatic N) is 1. The number of H-pyrrole nitrogens is 1. The van der Waals surface area contributed by atoms with E-state index in [1.54, 1.807) is 0 Å². The van der Waals surface area contributed by atoms with Gasteiger partial charge < -0.3 is 5.73 Å². The molecule has 0 bridgehead atoms. The van der Waals surface area contributed by atoms with Crippen molar-refractivity contribution in [2.24, 2.45) is 0 Å². The van der Waals surface area contributed by atoms with Gasteiger partial charge in [-0.05, 0) is 18.9 Å². The molecule has 0 spiro atoms. The highest BCUT2D eigenvalue weighted by Crippen LogP contribution is 2.38. The van der Waals surface area contributed by atoms with E-state index in [1.807, 2.05) is 0 Å². The zero-order valence-electron chi connectivity index (χ0n) is 9.17. The van der Waals surface area contributed by atoms with E-state index in [-0.39, 0.29) is 27.7 Å². The fraction of sp³-hybridized carbons (Fsp3) is 0.273. The van der Waals surface area contributed by atoms with Crippen molar-refractivity contribution in [1.29, 1.82) is 0 Å². The zero-order valence-corrected chi connectivity index (χ0v) is 9.92. The molecule has 0 radical (unpaired) electrons. The maximum atomic E-state index is 13.5. The third-order valence-electron chi connectivity index (χ3n) is 3.06. The number of nitrogens with two attached hydrogens (primary N) is 1. The lowest BCUT2D eigenvalue weighted by atomic mass is 10.2. The molecular formula is C11H9ClFN3O2. The van der Waals surface area contributed by atoms with Crippen molar-refractivity contribution in [3.8, 4) is 0 Å². The normalized spacial score (nSPS) is 15.2. The molecule has 0 unspecified atom stereocenters. The van der Waals surface area contributed by atoms with Crippen LogP contribution in [0, 0.1) is 5.82 Å². The van der Waals surface area contributed by atoms with E-state index in [1.165, 1.54) is 4.57 Å². The summed E-state index contributed by atoms with van der Waals surface area (Å²) in [4.78, 5) is 25.7. The van der Waals surface area contributed by atoms with E-state index in [4.69, 9.17) is 17.3 Å². The Hall–Kier alpha value is -1.82. The van der Waals surface area contributed by atoms with Gasteiger partial charge in [0.05, 0.1) is 21.6 Å². The first kappa shape index (κ1) is 11.3. The summed E-state index contributed by atoms with van der Waals surface area (Å²) in [7, 11) is 0. The van der Waals surface area contributed by atoms with Gasteiger partial charge in [0.25, 0.3) is 5.56 Å². The van der Waals surface area contributed by atoms with Crippen molar-refractivity contribution in [2.45, 2.75) is 18.9 Å². The molecule has 1 aromatic carbocycles. The van der Waals surface area contributed by atoms with Crippen LogP contribution in [-0.2, 0) is 0 Å². The number of benzene rings is 1. The predicted octanol–water partition coefficient (Wildman–Crippen LogP) is 1.40. The first-order valence-electron chi connectivity index (χ1n) is 5.42. The van der Waals surface area contributed by atoms with Gasteiger partial charge in [0.15, 0.2) is 0 Å². The first-order chi connectivity index (χ1) is 8.50. The molecule has 0 amide bonds. The molecule has 0 aliphatic heterocycles. The van der Waals surface area contributed by atoms with E-state index in [0.29, 0.717) is 0 Å². The van der Waals surface area contributed by atoms with Gasteiger partial charge in [-0.1, -0.05) is 11.6 Å². The molecular weight excluding hydrogens is 261 g/mol. The number of halogens is 2. The summed E-state index contributed by atoms with van der Waals surface area (Å²) in [6.07, 6.45) is 1.66. The van der Waals surface area contributed by atoms with Gasteiger partial charge in [-0.2, -0.15) is 0 Å². The number of fused-ring (bicyclic) bond motifs is 1. The second kappa shape index (κ2) is 3.58. The number of hydrogen-bond acceptors (Lipinski definition) is 3. The van der Waals surface area contributed by atoms with Crippen molar-refractivity contribution in [2.75, 3.05) is 5.73 Å². The minimum Gasteiger partial charge on any atom is -0.396 e. The highest BCUT2D eigenvalue weighted by Gasteiger charge is 2.29. The van der Waals surface area contributed by atoms with Gasteiger partial charge >= 0.3 is 5.69 Å². The van der Waals surface area contributed by atoms with Gasteiger partial charge in [0.1, 0.15) is 5.82 Å². The molecule has 5 nitrogen and oxygen atoms in total. The Labute approximate surface area is 105 Å². The Balaban J connectivity index is 2.61. The molecule has 1 fully saturated rings. The lowest BCUT2D eigenvalue weighted by molar-refractivity contribution is 0.632. The number of hydrogen-bond donors (Lipinski definition) is 2. The molecule has 1 heterocycles. The lowest BCUT2D eigenvalue weighted by Gasteiger charge is -2.11. The van der Waals surface area contributed by atoms with Crippen LogP contribution in [0.2, 0.25) is 5.02 Å². The number of nitrogen functional groups attached to an aromatic ring is 1.